The van der Waals surface area contributed by atoms with Crippen LogP contribution in [0, 0.1) is 6.92 Å². The molecule has 0 radical (unpaired) electrons. The summed E-state index contributed by atoms with van der Waals surface area (Å²) in [6.07, 6.45) is 1.20. The summed E-state index contributed by atoms with van der Waals surface area (Å²) in [6.45, 7) is 8.90. The Balaban J connectivity index is 2.14. The second-order valence-electron chi connectivity index (χ2n) is 4.85. The average molecular weight is 218 g/mol. The molecule has 2 unspecified atom stereocenters. The second-order valence-corrected chi connectivity index (χ2v) is 4.85. The van der Waals surface area contributed by atoms with Gasteiger partial charge in [0.15, 0.2) is 0 Å². The van der Waals surface area contributed by atoms with E-state index in [4.69, 9.17) is 0 Å². The Labute approximate surface area is 98.7 Å². The number of anilines is 1. The predicted molar refractivity (Wildman–Crippen MR) is 70.1 cm³/mol. The average Bonchev–Trinajstić information content (AvgIpc) is 2.31. The topological polar surface area (TPSA) is 15.3 Å². The zero-order valence-corrected chi connectivity index (χ0v) is 10.5. The number of aryl methyl sites for hydroxylation is 1. The summed E-state index contributed by atoms with van der Waals surface area (Å²) >= 11 is 0. The Morgan fingerprint density at radius 1 is 1.31 bits per heavy atom. The standard InChI is InChI=1S/C14H22N2/c1-4-13-10-16(12(3)9-15-13)14-7-5-11(2)6-8-14/h5-8,12-13,15H,4,9-10H2,1-3H3. The van der Waals surface area contributed by atoms with Crippen LogP contribution >= 0.6 is 0 Å². The first-order valence-corrected chi connectivity index (χ1v) is 6.27. The van der Waals surface area contributed by atoms with Crippen LogP contribution in [0.4, 0.5) is 5.69 Å². The Kier molecular flexibility index (Phi) is 3.49. The van der Waals surface area contributed by atoms with Crippen molar-refractivity contribution in [2.75, 3.05) is 18.0 Å². The van der Waals surface area contributed by atoms with E-state index in [0.29, 0.717) is 12.1 Å². The van der Waals surface area contributed by atoms with Crippen LogP contribution in [0.2, 0.25) is 0 Å². The highest BCUT2D eigenvalue weighted by atomic mass is 15.2. The van der Waals surface area contributed by atoms with Gasteiger partial charge in [-0.2, -0.15) is 0 Å². The van der Waals surface area contributed by atoms with E-state index < -0.39 is 0 Å². The van der Waals surface area contributed by atoms with Crippen molar-refractivity contribution in [2.45, 2.75) is 39.3 Å². The van der Waals surface area contributed by atoms with Crippen molar-refractivity contribution in [1.82, 2.24) is 5.32 Å². The van der Waals surface area contributed by atoms with Crippen LogP contribution in [0.25, 0.3) is 0 Å². The van der Waals surface area contributed by atoms with Crippen LogP contribution in [0.1, 0.15) is 25.8 Å². The molecule has 1 aliphatic rings. The van der Waals surface area contributed by atoms with Crippen LogP contribution in [-0.2, 0) is 0 Å². The molecule has 1 aliphatic heterocycles. The van der Waals surface area contributed by atoms with Gasteiger partial charge in [-0.05, 0) is 32.4 Å². The summed E-state index contributed by atoms with van der Waals surface area (Å²) in [6, 6.07) is 10.1. The molecule has 1 aromatic carbocycles. The number of nitrogens with one attached hydrogen (secondary N) is 1. The van der Waals surface area contributed by atoms with Crippen molar-refractivity contribution < 1.29 is 0 Å². The number of benzene rings is 1. The van der Waals surface area contributed by atoms with Gasteiger partial charge < -0.3 is 10.2 Å². The highest BCUT2D eigenvalue weighted by Crippen LogP contribution is 2.20. The molecule has 0 amide bonds. The normalized spacial score (nSPS) is 25.8. The van der Waals surface area contributed by atoms with Gasteiger partial charge in [0.05, 0.1) is 0 Å². The number of rotatable bonds is 2. The lowest BCUT2D eigenvalue weighted by atomic mass is 10.1. The fourth-order valence-electron chi connectivity index (χ4n) is 2.30. The molecule has 1 saturated heterocycles. The molecule has 2 rings (SSSR count). The van der Waals surface area contributed by atoms with E-state index >= 15 is 0 Å². The largest absolute Gasteiger partial charge is 0.366 e. The van der Waals surface area contributed by atoms with Gasteiger partial charge in [-0.15, -0.1) is 0 Å². The Morgan fingerprint density at radius 2 is 2.00 bits per heavy atom. The first kappa shape index (κ1) is 11.5. The predicted octanol–water partition coefficient (Wildman–Crippen LogP) is 2.57. The maximum Gasteiger partial charge on any atom is 0.0387 e. The molecule has 88 valence electrons. The van der Waals surface area contributed by atoms with E-state index in [0.717, 1.165) is 13.1 Å². The van der Waals surface area contributed by atoms with E-state index in [1.807, 2.05) is 0 Å². The van der Waals surface area contributed by atoms with Gasteiger partial charge in [0.25, 0.3) is 0 Å². The molecule has 1 N–H and O–H groups in total. The molecule has 16 heavy (non-hydrogen) atoms. The molecule has 0 bridgehead atoms. The summed E-state index contributed by atoms with van der Waals surface area (Å²) in [5.74, 6) is 0. The molecule has 0 spiro atoms. The molecule has 2 heteroatoms. The third-order valence-corrected chi connectivity index (χ3v) is 3.51. The fraction of sp³-hybridized carbons (Fsp3) is 0.571. The van der Waals surface area contributed by atoms with Crippen LogP contribution in [0.15, 0.2) is 24.3 Å². The first-order chi connectivity index (χ1) is 7.70. The van der Waals surface area contributed by atoms with E-state index in [2.05, 4.69) is 55.3 Å². The lowest BCUT2D eigenvalue weighted by Gasteiger charge is -2.40. The molecule has 0 saturated carbocycles. The smallest absolute Gasteiger partial charge is 0.0387 e. The summed E-state index contributed by atoms with van der Waals surface area (Å²) < 4.78 is 0. The van der Waals surface area contributed by atoms with Gasteiger partial charge >= 0.3 is 0 Å². The van der Waals surface area contributed by atoms with E-state index in [1.54, 1.807) is 0 Å². The monoisotopic (exact) mass is 218 g/mol. The number of hydrogen-bond donors (Lipinski definition) is 1. The first-order valence-electron chi connectivity index (χ1n) is 6.27. The third kappa shape index (κ3) is 2.38. The quantitative estimate of drug-likeness (QED) is 0.820. The minimum Gasteiger partial charge on any atom is -0.366 e. The van der Waals surface area contributed by atoms with Gasteiger partial charge in [-0.1, -0.05) is 24.6 Å². The lowest BCUT2D eigenvalue weighted by Crippen LogP contribution is -2.55. The van der Waals surface area contributed by atoms with Gasteiger partial charge in [0, 0.05) is 30.9 Å². The number of nitrogens with zero attached hydrogens (tertiary/aromatic N) is 1. The van der Waals surface area contributed by atoms with Crippen molar-refractivity contribution in [2.24, 2.45) is 0 Å². The van der Waals surface area contributed by atoms with Gasteiger partial charge in [0.1, 0.15) is 0 Å². The highest BCUT2D eigenvalue weighted by Gasteiger charge is 2.23. The Morgan fingerprint density at radius 3 is 2.62 bits per heavy atom. The summed E-state index contributed by atoms with van der Waals surface area (Å²) in [4.78, 5) is 2.52. The van der Waals surface area contributed by atoms with Crippen molar-refractivity contribution in [3.63, 3.8) is 0 Å². The number of hydrogen-bond acceptors (Lipinski definition) is 2. The van der Waals surface area contributed by atoms with Crippen molar-refractivity contribution in [3.8, 4) is 0 Å². The van der Waals surface area contributed by atoms with Crippen molar-refractivity contribution in [1.29, 1.82) is 0 Å². The van der Waals surface area contributed by atoms with E-state index in [9.17, 15) is 0 Å². The molecular weight excluding hydrogens is 196 g/mol. The zero-order chi connectivity index (χ0) is 11.5. The van der Waals surface area contributed by atoms with Gasteiger partial charge in [0.2, 0.25) is 0 Å². The lowest BCUT2D eigenvalue weighted by molar-refractivity contribution is 0.397. The molecule has 2 atom stereocenters. The SMILES string of the molecule is CCC1CN(c2ccc(C)cc2)C(C)CN1. The maximum absolute atomic E-state index is 3.59. The summed E-state index contributed by atoms with van der Waals surface area (Å²) in [5, 5.41) is 3.59. The molecule has 1 aromatic rings. The zero-order valence-electron chi connectivity index (χ0n) is 10.5. The maximum atomic E-state index is 3.59. The molecule has 0 aromatic heterocycles. The van der Waals surface area contributed by atoms with Crippen LogP contribution in [0.3, 0.4) is 0 Å². The summed E-state index contributed by atoms with van der Waals surface area (Å²) in [5.41, 5.74) is 2.69. The molecular formula is C14H22N2. The fourth-order valence-corrected chi connectivity index (χ4v) is 2.30. The van der Waals surface area contributed by atoms with Crippen molar-refractivity contribution in [3.05, 3.63) is 29.8 Å². The van der Waals surface area contributed by atoms with Crippen LogP contribution < -0.4 is 10.2 Å². The molecule has 2 nitrogen and oxygen atoms in total. The van der Waals surface area contributed by atoms with Crippen molar-refractivity contribution >= 4 is 5.69 Å². The van der Waals surface area contributed by atoms with E-state index in [1.165, 1.54) is 17.7 Å². The van der Waals surface area contributed by atoms with Gasteiger partial charge in [-0.3, -0.25) is 0 Å². The molecule has 1 fully saturated rings. The Hall–Kier alpha value is -1.02. The van der Waals surface area contributed by atoms with Crippen LogP contribution in [-0.4, -0.2) is 25.2 Å². The minimum atomic E-state index is 0.588. The van der Waals surface area contributed by atoms with Gasteiger partial charge in [-0.25, -0.2) is 0 Å². The molecule has 0 aliphatic carbocycles. The van der Waals surface area contributed by atoms with E-state index in [-0.39, 0.29) is 0 Å². The third-order valence-electron chi connectivity index (χ3n) is 3.51. The highest BCUT2D eigenvalue weighted by molar-refractivity contribution is 5.49. The second kappa shape index (κ2) is 4.88. The number of piperazine rings is 1. The molecule has 1 heterocycles. The summed E-state index contributed by atoms with van der Waals surface area (Å²) in [7, 11) is 0. The van der Waals surface area contributed by atoms with Crippen LogP contribution in [0.5, 0.6) is 0 Å². The Bertz CT molecular complexity index is 331. The minimum absolute atomic E-state index is 0.588.